The van der Waals surface area contributed by atoms with E-state index in [1.54, 1.807) is 6.92 Å². The second-order valence-electron chi connectivity index (χ2n) is 5.11. The van der Waals surface area contributed by atoms with E-state index in [1.807, 2.05) is 0 Å². The average Bonchev–Trinajstić information content (AvgIpc) is 2.39. The second kappa shape index (κ2) is 9.19. The molecule has 23 heavy (non-hydrogen) atoms. The summed E-state index contributed by atoms with van der Waals surface area (Å²) in [5.74, 6) is 0. The fraction of sp³-hybridized carbons (Fsp3) is 1.00. The first-order chi connectivity index (χ1) is 10.4. The Bertz CT molecular complexity index is 547. The predicted molar refractivity (Wildman–Crippen MR) is 82.8 cm³/mol. The highest BCUT2D eigenvalue weighted by atomic mass is 32.2. The predicted octanol–water partition coefficient (Wildman–Crippen LogP) is 2.00. The molecule has 0 N–H and O–H groups in total. The van der Waals surface area contributed by atoms with Gasteiger partial charge in [0.05, 0.1) is 6.26 Å². The first kappa shape index (κ1) is 22.6. The van der Waals surface area contributed by atoms with Crippen LogP contribution in [0.4, 0.5) is 13.2 Å². The van der Waals surface area contributed by atoms with Crippen LogP contribution in [0.15, 0.2) is 0 Å². The fourth-order valence-electron chi connectivity index (χ4n) is 2.08. The summed E-state index contributed by atoms with van der Waals surface area (Å²) in [6.07, 6.45) is 3.16. The summed E-state index contributed by atoms with van der Waals surface area (Å²) >= 11 is 0. The van der Waals surface area contributed by atoms with Crippen LogP contribution in [-0.4, -0.2) is 63.4 Å². The van der Waals surface area contributed by atoms with Gasteiger partial charge in [-0.1, -0.05) is 26.7 Å². The normalized spacial score (nSPS) is 13.9. The molecule has 0 aliphatic heterocycles. The largest absolute Gasteiger partial charge is 0.511 e. The van der Waals surface area contributed by atoms with Crippen molar-refractivity contribution in [2.24, 2.45) is 0 Å². The Labute approximate surface area is 136 Å². The van der Waals surface area contributed by atoms with Gasteiger partial charge in [-0.25, -0.2) is 21.1 Å². The van der Waals surface area contributed by atoms with E-state index in [0.29, 0.717) is 43.1 Å². The molecular weight excluding hydrogens is 357 g/mol. The SMILES string of the molecule is CCN(CCCCCCN(CC)S(=O)(=O)C(F)(F)F)S(C)(=O)=O. The van der Waals surface area contributed by atoms with Crippen LogP contribution in [0.3, 0.4) is 0 Å². The Morgan fingerprint density at radius 1 is 0.783 bits per heavy atom. The topological polar surface area (TPSA) is 74.8 Å². The summed E-state index contributed by atoms with van der Waals surface area (Å²) in [6.45, 7) is 3.37. The Morgan fingerprint density at radius 2 is 1.17 bits per heavy atom. The highest BCUT2D eigenvalue weighted by molar-refractivity contribution is 7.90. The average molecular weight is 382 g/mol. The lowest BCUT2D eigenvalue weighted by atomic mass is 10.2. The van der Waals surface area contributed by atoms with Crippen LogP contribution in [0.25, 0.3) is 0 Å². The number of rotatable bonds is 11. The van der Waals surface area contributed by atoms with E-state index >= 15 is 0 Å². The van der Waals surface area contributed by atoms with Crippen molar-refractivity contribution in [3.63, 3.8) is 0 Å². The van der Waals surface area contributed by atoms with Gasteiger partial charge in [-0.15, -0.1) is 0 Å². The zero-order chi connectivity index (χ0) is 18.3. The molecule has 11 heteroatoms. The van der Waals surface area contributed by atoms with E-state index in [0.717, 1.165) is 6.26 Å². The molecule has 6 nitrogen and oxygen atoms in total. The third-order valence-corrected chi connectivity index (χ3v) is 6.46. The first-order valence-corrected chi connectivity index (χ1v) is 10.7. The molecule has 0 saturated carbocycles. The standard InChI is InChI=1S/C12H25F3N2O4S2/c1-4-16(22(3,18)19)10-8-6-7-9-11-17(5-2)23(20,21)12(13,14)15/h4-11H2,1-3H3. The molecule has 0 bridgehead atoms. The molecule has 0 atom stereocenters. The maximum absolute atomic E-state index is 12.4. The molecule has 0 aliphatic carbocycles. The lowest BCUT2D eigenvalue weighted by Crippen LogP contribution is -2.41. The Hall–Kier alpha value is -0.390. The molecule has 0 rings (SSSR count). The van der Waals surface area contributed by atoms with E-state index < -0.39 is 25.6 Å². The van der Waals surface area contributed by atoms with E-state index in [2.05, 4.69) is 0 Å². The minimum atomic E-state index is -5.28. The minimum absolute atomic E-state index is 0.193. The van der Waals surface area contributed by atoms with Gasteiger partial charge in [0.25, 0.3) is 0 Å². The molecule has 0 aromatic carbocycles. The van der Waals surface area contributed by atoms with E-state index in [1.165, 1.54) is 11.2 Å². The van der Waals surface area contributed by atoms with Crippen LogP contribution in [-0.2, 0) is 20.0 Å². The van der Waals surface area contributed by atoms with Crippen LogP contribution in [0.2, 0.25) is 0 Å². The maximum atomic E-state index is 12.4. The molecule has 0 amide bonds. The molecule has 0 saturated heterocycles. The summed E-state index contributed by atoms with van der Waals surface area (Å²) in [5.41, 5.74) is -5.28. The van der Waals surface area contributed by atoms with Crippen molar-refractivity contribution in [3.05, 3.63) is 0 Å². The molecule has 0 radical (unpaired) electrons. The molecule has 0 unspecified atom stereocenters. The lowest BCUT2D eigenvalue weighted by molar-refractivity contribution is -0.0488. The highest BCUT2D eigenvalue weighted by Gasteiger charge is 2.49. The molecule has 140 valence electrons. The van der Waals surface area contributed by atoms with Crippen LogP contribution in [0.5, 0.6) is 0 Å². The number of sulfonamides is 2. The van der Waals surface area contributed by atoms with Crippen molar-refractivity contribution in [1.82, 2.24) is 8.61 Å². The van der Waals surface area contributed by atoms with E-state index in [-0.39, 0.29) is 13.1 Å². The zero-order valence-corrected chi connectivity index (χ0v) is 15.3. The Balaban J connectivity index is 4.22. The lowest BCUT2D eigenvalue weighted by Gasteiger charge is -2.21. The molecule has 0 spiro atoms. The molecule has 0 aliphatic rings. The summed E-state index contributed by atoms with van der Waals surface area (Å²) in [7, 11) is -8.51. The monoisotopic (exact) mass is 382 g/mol. The number of unbranched alkanes of at least 4 members (excludes halogenated alkanes) is 3. The third kappa shape index (κ3) is 7.36. The number of halogens is 3. The van der Waals surface area contributed by atoms with Gasteiger partial charge in [0, 0.05) is 26.2 Å². The number of alkyl halides is 3. The van der Waals surface area contributed by atoms with Crippen molar-refractivity contribution >= 4 is 20.0 Å². The fourth-order valence-corrected chi connectivity index (χ4v) is 4.01. The quantitative estimate of drug-likeness (QED) is 0.512. The summed E-state index contributed by atoms with van der Waals surface area (Å²) in [6, 6.07) is 0. The van der Waals surface area contributed by atoms with Crippen molar-refractivity contribution in [2.75, 3.05) is 32.4 Å². The van der Waals surface area contributed by atoms with Crippen molar-refractivity contribution in [2.45, 2.75) is 45.0 Å². The van der Waals surface area contributed by atoms with Gasteiger partial charge in [0.15, 0.2) is 0 Å². The number of nitrogens with zero attached hydrogens (tertiary/aromatic N) is 2. The van der Waals surface area contributed by atoms with Crippen molar-refractivity contribution in [3.8, 4) is 0 Å². The first-order valence-electron chi connectivity index (χ1n) is 7.39. The van der Waals surface area contributed by atoms with Crippen molar-refractivity contribution < 1.29 is 30.0 Å². The van der Waals surface area contributed by atoms with Gasteiger partial charge in [-0.3, -0.25) is 0 Å². The Kier molecular flexibility index (Phi) is 9.03. The summed E-state index contributed by atoms with van der Waals surface area (Å²) < 4.78 is 84.3. The highest BCUT2D eigenvalue weighted by Crippen LogP contribution is 2.26. The smallest absolute Gasteiger partial charge is 0.213 e. The van der Waals surface area contributed by atoms with Crippen LogP contribution in [0.1, 0.15) is 39.5 Å². The Morgan fingerprint density at radius 3 is 1.48 bits per heavy atom. The van der Waals surface area contributed by atoms with Crippen molar-refractivity contribution in [1.29, 1.82) is 0 Å². The van der Waals surface area contributed by atoms with Crippen LogP contribution in [0, 0.1) is 0 Å². The van der Waals surface area contributed by atoms with Gasteiger partial charge in [-0.05, 0) is 12.8 Å². The molecule has 0 aromatic rings. The molecule has 0 heterocycles. The van der Waals surface area contributed by atoms with Crippen LogP contribution < -0.4 is 0 Å². The number of hydrogen-bond donors (Lipinski definition) is 0. The second-order valence-corrected chi connectivity index (χ2v) is 9.02. The minimum Gasteiger partial charge on any atom is -0.213 e. The molecule has 0 fully saturated rings. The molecule has 0 aromatic heterocycles. The van der Waals surface area contributed by atoms with Gasteiger partial charge >= 0.3 is 15.5 Å². The zero-order valence-electron chi connectivity index (χ0n) is 13.6. The van der Waals surface area contributed by atoms with E-state index in [4.69, 9.17) is 0 Å². The maximum Gasteiger partial charge on any atom is 0.511 e. The molecular formula is C12H25F3N2O4S2. The van der Waals surface area contributed by atoms with Gasteiger partial charge in [-0.2, -0.15) is 17.5 Å². The van der Waals surface area contributed by atoms with Gasteiger partial charge in [0.2, 0.25) is 10.0 Å². The van der Waals surface area contributed by atoms with Crippen LogP contribution >= 0.6 is 0 Å². The van der Waals surface area contributed by atoms with Gasteiger partial charge < -0.3 is 0 Å². The third-order valence-electron chi connectivity index (χ3n) is 3.37. The van der Waals surface area contributed by atoms with Gasteiger partial charge in [0.1, 0.15) is 0 Å². The number of hydrogen-bond acceptors (Lipinski definition) is 4. The summed E-state index contributed by atoms with van der Waals surface area (Å²) in [4.78, 5) is 0. The van der Waals surface area contributed by atoms with E-state index in [9.17, 15) is 30.0 Å². The summed E-state index contributed by atoms with van der Waals surface area (Å²) in [5, 5.41) is 0.